The first-order chi connectivity index (χ1) is 11.2. The van der Waals surface area contributed by atoms with Gasteiger partial charge >= 0.3 is 0 Å². The summed E-state index contributed by atoms with van der Waals surface area (Å²) in [6.07, 6.45) is 5.44. The van der Waals surface area contributed by atoms with Gasteiger partial charge in [-0.05, 0) is 24.6 Å². The summed E-state index contributed by atoms with van der Waals surface area (Å²) >= 11 is 0. The van der Waals surface area contributed by atoms with Crippen LogP contribution in [0.5, 0.6) is 0 Å². The molecular weight excluding hydrogens is 286 g/mol. The van der Waals surface area contributed by atoms with Crippen molar-refractivity contribution in [2.75, 3.05) is 5.73 Å². The minimum absolute atomic E-state index is 0.263. The van der Waals surface area contributed by atoms with Crippen LogP contribution in [0.4, 0.5) is 5.95 Å². The van der Waals surface area contributed by atoms with Crippen LogP contribution in [0.3, 0.4) is 0 Å². The van der Waals surface area contributed by atoms with E-state index in [4.69, 9.17) is 5.73 Å². The maximum absolute atomic E-state index is 5.70. The number of aromatic nitrogens is 4. The van der Waals surface area contributed by atoms with Gasteiger partial charge in [0.1, 0.15) is 5.65 Å². The molecule has 3 heterocycles. The number of aromatic amines is 1. The van der Waals surface area contributed by atoms with E-state index in [1.165, 1.54) is 5.56 Å². The summed E-state index contributed by atoms with van der Waals surface area (Å²) in [6, 6.07) is 12.4. The number of nitrogen functional groups attached to an aromatic ring is 1. The quantitative estimate of drug-likeness (QED) is 0.593. The first-order valence-corrected chi connectivity index (χ1v) is 7.34. The number of anilines is 1. The van der Waals surface area contributed by atoms with E-state index in [1.54, 1.807) is 6.20 Å². The average Bonchev–Trinajstić information content (AvgIpc) is 2.98. The SMILES string of the molecule is Cc1ccc(-c2cnc3[nH]cc(-c4ccnc(N)n4)c3c2)cc1. The number of pyridine rings is 1. The number of benzene rings is 1. The lowest BCUT2D eigenvalue weighted by molar-refractivity contribution is 1.19. The highest BCUT2D eigenvalue weighted by Gasteiger charge is 2.10. The van der Waals surface area contributed by atoms with Gasteiger partial charge in [-0.3, -0.25) is 0 Å². The Morgan fingerprint density at radius 1 is 1.00 bits per heavy atom. The third-order valence-corrected chi connectivity index (χ3v) is 3.87. The maximum atomic E-state index is 5.70. The molecule has 3 aromatic heterocycles. The molecule has 1 aromatic carbocycles. The largest absolute Gasteiger partial charge is 0.368 e. The van der Waals surface area contributed by atoms with Crippen LogP contribution in [0.25, 0.3) is 33.4 Å². The highest BCUT2D eigenvalue weighted by molar-refractivity contribution is 5.94. The van der Waals surface area contributed by atoms with E-state index in [0.717, 1.165) is 33.4 Å². The number of fused-ring (bicyclic) bond motifs is 1. The molecule has 0 amide bonds. The molecule has 0 unspecified atom stereocenters. The van der Waals surface area contributed by atoms with Crippen molar-refractivity contribution in [2.45, 2.75) is 6.92 Å². The van der Waals surface area contributed by atoms with E-state index in [1.807, 2.05) is 18.5 Å². The van der Waals surface area contributed by atoms with Gasteiger partial charge in [-0.15, -0.1) is 0 Å². The van der Waals surface area contributed by atoms with Crippen molar-refractivity contribution in [1.82, 2.24) is 19.9 Å². The number of aryl methyl sites for hydroxylation is 1. The first-order valence-electron chi connectivity index (χ1n) is 7.34. The standard InChI is InChI=1S/C18H15N5/c1-11-2-4-12(5-3-11)13-8-14-15(10-22-17(14)21-9-13)16-6-7-20-18(19)23-16/h2-10H,1H3,(H,21,22)(H2,19,20,23). The Labute approximate surface area is 133 Å². The van der Waals surface area contributed by atoms with Gasteiger partial charge < -0.3 is 10.7 Å². The van der Waals surface area contributed by atoms with Crippen molar-refractivity contribution in [1.29, 1.82) is 0 Å². The van der Waals surface area contributed by atoms with Crippen LogP contribution in [0.1, 0.15) is 5.56 Å². The normalized spacial score (nSPS) is 11.0. The van der Waals surface area contributed by atoms with E-state index >= 15 is 0 Å². The second kappa shape index (κ2) is 5.21. The Balaban J connectivity index is 1.88. The van der Waals surface area contributed by atoms with Gasteiger partial charge in [-0.2, -0.15) is 0 Å². The third-order valence-electron chi connectivity index (χ3n) is 3.87. The second-order valence-corrected chi connectivity index (χ2v) is 5.49. The lowest BCUT2D eigenvalue weighted by atomic mass is 10.0. The third kappa shape index (κ3) is 2.42. The molecular formula is C18H15N5. The predicted molar refractivity (Wildman–Crippen MR) is 91.7 cm³/mol. The summed E-state index contributed by atoms with van der Waals surface area (Å²) < 4.78 is 0. The molecule has 23 heavy (non-hydrogen) atoms. The van der Waals surface area contributed by atoms with Crippen LogP contribution in [0.2, 0.25) is 0 Å². The zero-order valence-corrected chi connectivity index (χ0v) is 12.6. The Morgan fingerprint density at radius 3 is 2.61 bits per heavy atom. The van der Waals surface area contributed by atoms with Gasteiger partial charge in [-0.1, -0.05) is 29.8 Å². The van der Waals surface area contributed by atoms with Crippen LogP contribution in [-0.2, 0) is 0 Å². The molecule has 0 aliphatic rings. The molecule has 0 bridgehead atoms. The molecule has 112 valence electrons. The van der Waals surface area contributed by atoms with E-state index in [9.17, 15) is 0 Å². The molecule has 5 nitrogen and oxygen atoms in total. The number of hydrogen-bond donors (Lipinski definition) is 2. The lowest BCUT2D eigenvalue weighted by Crippen LogP contribution is -1.94. The topological polar surface area (TPSA) is 80.5 Å². The number of rotatable bonds is 2. The van der Waals surface area contributed by atoms with Crippen LogP contribution < -0.4 is 5.73 Å². The molecule has 0 fully saturated rings. The molecule has 0 spiro atoms. The molecule has 0 radical (unpaired) electrons. The van der Waals surface area contributed by atoms with E-state index in [0.29, 0.717) is 0 Å². The highest BCUT2D eigenvalue weighted by atomic mass is 15.0. The van der Waals surface area contributed by atoms with Gasteiger partial charge in [-0.25, -0.2) is 15.0 Å². The molecule has 0 aliphatic heterocycles. The van der Waals surface area contributed by atoms with Gasteiger partial charge in [0.25, 0.3) is 0 Å². The van der Waals surface area contributed by atoms with Gasteiger partial charge in [0.2, 0.25) is 5.95 Å². The summed E-state index contributed by atoms with van der Waals surface area (Å²) in [5.74, 6) is 0.263. The van der Waals surface area contributed by atoms with Gasteiger partial charge in [0, 0.05) is 35.1 Å². The highest BCUT2D eigenvalue weighted by Crippen LogP contribution is 2.30. The van der Waals surface area contributed by atoms with Crippen LogP contribution >= 0.6 is 0 Å². The van der Waals surface area contributed by atoms with Crippen molar-refractivity contribution in [2.24, 2.45) is 0 Å². The maximum Gasteiger partial charge on any atom is 0.220 e. The molecule has 0 aliphatic carbocycles. The molecule has 4 aromatic rings. The van der Waals surface area contributed by atoms with Crippen LogP contribution in [0.15, 0.2) is 55.0 Å². The summed E-state index contributed by atoms with van der Waals surface area (Å²) in [4.78, 5) is 15.9. The summed E-state index contributed by atoms with van der Waals surface area (Å²) in [5.41, 5.74) is 11.7. The zero-order valence-electron chi connectivity index (χ0n) is 12.6. The number of nitrogens with one attached hydrogen (secondary N) is 1. The van der Waals surface area contributed by atoms with E-state index in [-0.39, 0.29) is 5.95 Å². The Hall–Kier alpha value is -3.21. The smallest absolute Gasteiger partial charge is 0.220 e. The van der Waals surface area contributed by atoms with Crippen LogP contribution in [-0.4, -0.2) is 19.9 Å². The zero-order chi connectivity index (χ0) is 15.8. The van der Waals surface area contributed by atoms with Crippen molar-refractivity contribution in [3.05, 3.63) is 60.6 Å². The number of nitrogens with zero attached hydrogens (tertiary/aromatic N) is 3. The molecule has 4 rings (SSSR count). The number of nitrogens with two attached hydrogens (primary N) is 1. The Morgan fingerprint density at radius 2 is 1.83 bits per heavy atom. The number of H-pyrrole nitrogens is 1. The van der Waals surface area contributed by atoms with Crippen LogP contribution in [0, 0.1) is 6.92 Å². The molecule has 0 saturated heterocycles. The van der Waals surface area contributed by atoms with E-state index in [2.05, 4.69) is 57.2 Å². The summed E-state index contributed by atoms with van der Waals surface area (Å²) in [7, 11) is 0. The second-order valence-electron chi connectivity index (χ2n) is 5.49. The van der Waals surface area contributed by atoms with Gasteiger partial charge in [0.15, 0.2) is 0 Å². The first kappa shape index (κ1) is 13.5. The fourth-order valence-corrected chi connectivity index (χ4v) is 2.64. The fraction of sp³-hybridized carbons (Fsp3) is 0.0556. The minimum Gasteiger partial charge on any atom is -0.368 e. The summed E-state index contributed by atoms with van der Waals surface area (Å²) in [5, 5.41) is 1.01. The molecule has 3 N–H and O–H groups in total. The van der Waals surface area contributed by atoms with Crippen molar-refractivity contribution in [3.63, 3.8) is 0 Å². The van der Waals surface area contributed by atoms with Crippen molar-refractivity contribution >= 4 is 17.0 Å². The molecule has 0 atom stereocenters. The lowest BCUT2D eigenvalue weighted by Gasteiger charge is -2.04. The fourth-order valence-electron chi connectivity index (χ4n) is 2.64. The monoisotopic (exact) mass is 301 g/mol. The molecule has 0 saturated carbocycles. The van der Waals surface area contributed by atoms with Gasteiger partial charge in [0.05, 0.1) is 5.69 Å². The van der Waals surface area contributed by atoms with Crippen molar-refractivity contribution in [3.8, 4) is 22.4 Å². The number of hydrogen-bond acceptors (Lipinski definition) is 4. The average molecular weight is 301 g/mol. The minimum atomic E-state index is 0.263. The van der Waals surface area contributed by atoms with E-state index < -0.39 is 0 Å². The Bertz CT molecular complexity index is 986. The van der Waals surface area contributed by atoms with Crippen molar-refractivity contribution < 1.29 is 0 Å². The molecule has 5 heteroatoms. The Kier molecular flexibility index (Phi) is 3.05. The predicted octanol–water partition coefficient (Wildman–Crippen LogP) is 3.58. The summed E-state index contributed by atoms with van der Waals surface area (Å²) in [6.45, 7) is 2.08.